The highest BCUT2D eigenvalue weighted by Crippen LogP contribution is 2.35. The van der Waals surface area contributed by atoms with Crippen LogP contribution in [0, 0.1) is 11.7 Å². The minimum Gasteiger partial charge on any atom is -0.454 e. The van der Waals surface area contributed by atoms with Gasteiger partial charge in [0.2, 0.25) is 12.7 Å². The van der Waals surface area contributed by atoms with E-state index in [1.807, 2.05) is 0 Å². The molecule has 5 rings (SSSR count). The lowest BCUT2D eigenvalue weighted by atomic mass is 9.85. The summed E-state index contributed by atoms with van der Waals surface area (Å²) in [5.74, 6) is 0.897. The largest absolute Gasteiger partial charge is 0.454 e. The summed E-state index contributed by atoms with van der Waals surface area (Å²) in [6, 6.07) is 10.1. The van der Waals surface area contributed by atoms with Crippen LogP contribution in [0.15, 0.2) is 36.4 Å². The number of aromatic nitrogens is 1. The molecule has 1 aliphatic heterocycles. The molecule has 2 N–H and O–H groups in total. The predicted molar refractivity (Wildman–Crippen MR) is 95.0 cm³/mol. The molecule has 2 aromatic carbocycles. The summed E-state index contributed by atoms with van der Waals surface area (Å²) in [6.07, 6.45) is 2.15. The number of rotatable bonds is 2. The van der Waals surface area contributed by atoms with Crippen molar-refractivity contribution < 1.29 is 18.7 Å². The molecular formula is C20H17FN2O3. The van der Waals surface area contributed by atoms with E-state index in [2.05, 4.69) is 10.3 Å². The van der Waals surface area contributed by atoms with Crippen LogP contribution >= 0.6 is 0 Å². The Hall–Kier alpha value is -3.02. The van der Waals surface area contributed by atoms with Gasteiger partial charge in [0.25, 0.3) is 0 Å². The number of carbonyl (C=O) groups excluding carboxylic acids is 1. The number of hydrogen-bond donors (Lipinski definition) is 2. The van der Waals surface area contributed by atoms with E-state index >= 15 is 0 Å². The van der Waals surface area contributed by atoms with Crippen molar-refractivity contribution in [2.45, 2.75) is 19.3 Å². The molecule has 1 aromatic heterocycles. The lowest BCUT2D eigenvalue weighted by Crippen LogP contribution is -2.28. The van der Waals surface area contributed by atoms with E-state index in [1.54, 1.807) is 30.3 Å². The van der Waals surface area contributed by atoms with Crippen LogP contribution in [0.2, 0.25) is 0 Å². The van der Waals surface area contributed by atoms with Gasteiger partial charge in [-0.1, -0.05) is 0 Å². The fraction of sp³-hybridized carbons (Fsp3) is 0.250. The van der Waals surface area contributed by atoms with E-state index in [9.17, 15) is 9.18 Å². The predicted octanol–water partition coefficient (Wildman–Crippen LogP) is 3.78. The third-order valence-corrected chi connectivity index (χ3v) is 5.16. The minimum absolute atomic E-state index is 0.0275. The summed E-state index contributed by atoms with van der Waals surface area (Å²) in [4.78, 5) is 16.1. The molecule has 1 amide bonds. The molecule has 0 spiro atoms. The Kier molecular flexibility index (Phi) is 3.38. The zero-order chi connectivity index (χ0) is 17.7. The second-order valence-electron chi connectivity index (χ2n) is 6.77. The Bertz CT molecular complexity index is 1030. The molecule has 26 heavy (non-hydrogen) atoms. The molecule has 2 heterocycles. The van der Waals surface area contributed by atoms with Crippen LogP contribution in [0.4, 0.5) is 10.1 Å². The topological polar surface area (TPSA) is 63.4 Å². The number of fused-ring (bicyclic) bond motifs is 4. The van der Waals surface area contributed by atoms with Crippen molar-refractivity contribution in [1.82, 2.24) is 4.98 Å². The zero-order valence-corrected chi connectivity index (χ0v) is 14.0. The summed E-state index contributed by atoms with van der Waals surface area (Å²) in [6.45, 7) is 0.204. The number of aryl methyl sites for hydroxylation is 1. The molecule has 132 valence electrons. The second-order valence-corrected chi connectivity index (χ2v) is 6.77. The number of carbonyl (C=O) groups is 1. The van der Waals surface area contributed by atoms with E-state index in [4.69, 9.17) is 9.47 Å². The van der Waals surface area contributed by atoms with Gasteiger partial charge >= 0.3 is 0 Å². The maximum Gasteiger partial charge on any atom is 0.231 e. The van der Waals surface area contributed by atoms with Gasteiger partial charge in [-0.05, 0) is 55.2 Å². The van der Waals surface area contributed by atoms with Crippen molar-refractivity contribution in [3.05, 3.63) is 53.5 Å². The molecule has 1 unspecified atom stereocenters. The molecule has 0 saturated carbocycles. The quantitative estimate of drug-likeness (QED) is 0.738. The van der Waals surface area contributed by atoms with Gasteiger partial charge in [-0.2, -0.15) is 0 Å². The summed E-state index contributed by atoms with van der Waals surface area (Å²) in [5, 5.41) is 3.84. The first-order valence-corrected chi connectivity index (χ1v) is 8.67. The van der Waals surface area contributed by atoms with Crippen molar-refractivity contribution in [2.24, 2.45) is 5.92 Å². The first-order valence-electron chi connectivity index (χ1n) is 8.67. The Labute approximate surface area is 149 Å². The van der Waals surface area contributed by atoms with Gasteiger partial charge in [-0.3, -0.25) is 4.79 Å². The van der Waals surface area contributed by atoms with Crippen LogP contribution in [-0.2, 0) is 17.6 Å². The number of H-pyrrole nitrogens is 1. The van der Waals surface area contributed by atoms with E-state index in [0.29, 0.717) is 23.6 Å². The molecule has 5 nitrogen and oxygen atoms in total. The third-order valence-electron chi connectivity index (χ3n) is 5.16. The normalized spacial score (nSPS) is 18.0. The summed E-state index contributed by atoms with van der Waals surface area (Å²) in [5.41, 5.74) is 3.78. The van der Waals surface area contributed by atoms with Crippen LogP contribution in [0.3, 0.4) is 0 Å². The molecule has 0 radical (unpaired) electrons. The Morgan fingerprint density at radius 2 is 2.04 bits per heavy atom. The number of benzene rings is 2. The molecule has 0 bridgehead atoms. The molecule has 2 aliphatic rings. The fourth-order valence-corrected chi connectivity index (χ4v) is 3.83. The molecule has 1 aliphatic carbocycles. The number of aromatic amines is 1. The van der Waals surface area contributed by atoms with E-state index < -0.39 is 0 Å². The number of ether oxygens (including phenoxy) is 2. The highest BCUT2D eigenvalue weighted by molar-refractivity contribution is 5.94. The van der Waals surface area contributed by atoms with Gasteiger partial charge < -0.3 is 19.8 Å². The van der Waals surface area contributed by atoms with Crippen molar-refractivity contribution in [3.63, 3.8) is 0 Å². The average Bonchev–Trinajstić information content (AvgIpc) is 3.24. The van der Waals surface area contributed by atoms with Crippen LogP contribution < -0.4 is 14.8 Å². The van der Waals surface area contributed by atoms with Crippen molar-refractivity contribution in [1.29, 1.82) is 0 Å². The van der Waals surface area contributed by atoms with E-state index in [0.717, 1.165) is 35.0 Å². The molecule has 0 saturated heterocycles. The fourth-order valence-electron chi connectivity index (χ4n) is 3.83. The monoisotopic (exact) mass is 352 g/mol. The molecule has 3 aromatic rings. The molecule has 1 atom stereocenters. The molecular weight excluding hydrogens is 335 g/mol. The van der Waals surface area contributed by atoms with Crippen molar-refractivity contribution in [2.75, 3.05) is 12.1 Å². The van der Waals surface area contributed by atoms with Crippen LogP contribution in [0.25, 0.3) is 10.9 Å². The van der Waals surface area contributed by atoms with Gasteiger partial charge in [0.05, 0.1) is 0 Å². The van der Waals surface area contributed by atoms with Crippen molar-refractivity contribution in [3.8, 4) is 11.5 Å². The standard InChI is InChI=1S/C20H17FN2O3/c21-12-2-5-17-15(8-12)14-7-11(1-4-16(14)23-17)20(24)22-13-3-6-18-19(9-13)26-10-25-18/h2-3,5-6,8-9,11,23H,1,4,7,10H2,(H,22,24). The number of nitrogens with one attached hydrogen (secondary N) is 2. The van der Waals surface area contributed by atoms with Gasteiger partial charge in [0.15, 0.2) is 11.5 Å². The Morgan fingerprint density at radius 1 is 1.15 bits per heavy atom. The van der Waals surface area contributed by atoms with Crippen LogP contribution in [0.5, 0.6) is 11.5 Å². The number of hydrogen-bond acceptors (Lipinski definition) is 3. The van der Waals surface area contributed by atoms with Gasteiger partial charge in [-0.15, -0.1) is 0 Å². The lowest BCUT2D eigenvalue weighted by Gasteiger charge is -2.22. The SMILES string of the molecule is O=C(Nc1ccc2c(c1)OCO2)C1CCc2[nH]c3ccc(F)cc3c2C1. The average molecular weight is 352 g/mol. The second kappa shape index (κ2) is 5.76. The van der Waals surface area contributed by atoms with Crippen molar-refractivity contribution >= 4 is 22.5 Å². The summed E-state index contributed by atoms with van der Waals surface area (Å²) in [7, 11) is 0. The van der Waals surface area contributed by atoms with Gasteiger partial charge in [-0.25, -0.2) is 4.39 Å². The number of halogens is 1. The molecule has 0 fully saturated rings. The first kappa shape index (κ1) is 15.3. The summed E-state index contributed by atoms with van der Waals surface area (Å²) < 4.78 is 24.3. The number of anilines is 1. The van der Waals surface area contributed by atoms with Gasteiger partial charge in [0, 0.05) is 34.3 Å². The molecule has 6 heteroatoms. The Morgan fingerprint density at radius 3 is 2.96 bits per heavy atom. The van der Waals surface area contributed by atoms with Crippen LogP contribution in [0.1, 0.15) is 17.7 Å². The van der Waals surface area contributed by atoms with E-state index in [1.165, 1.54) is 6.07 Å². The first-order chi connectivity index (χ1) is 12.7. The highest BCUT2D eigenvalue weighted by Gasteiger charge is 2.28. The maximum atomic E-state index is 13.6. The maximum absolute atomic E-state index is 13.6. The van der Waals surface area contributed by atoms with Crippen LogP contribution in [-0.4, -0.2) is 17.7 Å². The smallest absolute Gasteiger partial charge is 0.231 e. The minimum atomic E-state index is -0.258. The lowest BCUT2D eigenvalue weighted by molar-refractivity contribution is -0.120. The summed E-state index contributed by atoms with van der Waals surface area (Å²) >= 11 is 0. The number of amides is 1. The highest BCUT2D eigenvalue weighted by atomic mass is 19.1. The zero-order valence-electron chi connectivity index (χ0n) is 14.0. The van der Waals surface area contributed by atoms with E-state index in [-0.39, 0.29) is 24.4 Å². The Balaban J connectivity index is 1.37. The third kappa shape index (κ3) is 2.49. The van der Waals surface area contributed by atoms with Gasteiger partial charge in [0.1, 0.15) is 5.82 Å².